The van der Waals surface area contributed by atoms with E-state index in [-0.39, 0.29) is 31.3 Å². The van der Waals surface area contributed by atoms with Crippen LogP contribution in [-0.2, 0) is 32.6 Å². The minimum absolute atomic E-state index is 0.0950. The molecule has 0 fully saturated rings. The van der Waals surface area contributed by atoms with E-state index in [4.69, 9.17) is 0 Å². The highest BCUT2D eigenvalue weighted by atomic mass is 32.2. The molecule has 3 rings (SSSR count). The van der Waals surface area contributed by atoms with Crippen LogP contribution in [0.1, 0.15) is 55.9 Å². The molecule has 0 aromatic heterocycles. The summed E-state index contributed by atoms with van der Waals surface area (Å²) < 4.78 is 26.7. The van der Waals surface area contributed by atoms with Crippen LogP contribution < -0.4 is 9.62 Å². The molecule has 1 N–H and O–H groups in total. The largest absolute Gasteiger partial charge is 0.350 e. The van der Waals surface area contributed by atoms with E-state index in [0.717, 1.165) is 22.3 Å². The van der Waals surface area contributed by atoms with Crippen LogP contribution in [0.3, 0.4) is 0 Å². The third-order valence-corrected chi connectivity index (χ3v) is 8.09. The Morgan fingerprint density at radius 3 is 1.98 bits per heavy atom. The standard InChI is InChI=1S/C33H43N3O4S/c1-25-19-20-29(22-26(25)2)36(41(6,39)40)21-13-18-31(37)35(24-28-16-11-8-12-17-28)30(32(38)34-33(3,4)5)23-27-14-9-7-10-15-27/h7-12,14-17,19-20,22,30H,13,18,21,23-24H2,1-6H3,(H,34,38). The molecule has 220 valence electrons. The Labute approximate surface area is 245 Å². The number of nitrogens with zero attached hydrogens (tertiary/aromatic N) is 2. The molecule has 0 aliphatic carbocycles. The van der Waals surface area contributed by atoms with E-state index >= 15 is 0 Å². The Kier molecular flexibility index (Phi) is 10.7. The lowest BCUT2D eigenvalue weighted by atomic mass is 10.00. The number of rotatable bonds is 12. The van der Waals surface area contributed by atoms with Crippen LogP contribution in [-0.4, -0.2) is 49.5 Å². The zero-order valence-electron chi connectivity index (χ0n) is 25.1. The maximum atomic E-state index is 13.9. The first kappa shape index (κ1) is 31.9. The number of amides is 2. The highest BCUT2D eigenvalue weighted by Crippen LogP contribution is 2.23. The number of anilines is 1. The molecule has 0 saturated heterocycles. The van der Waals surface area contributed by atoms with E-state index < -0.39 is 21.6 Å². The van der Waals surface area contributed by atoms with Gasteiger partial charge in [0, 0.05) is 31.5 Å². The van der Waals surface area contributed by atoms with Gasteiger partial charge in [-0.05, 0) is 75.4 Å². The summed E-state index contributed by atoms with van der Waals surface area (Å²) in [5.41, 5.74) is 4.04. The van der Waals surface area contributed by atoms with Crippen LogP contribution >= 0.6 is 0 Å². The number of hydrogen-bond acceptors (Lipinski definition) is 4. The van der Waals surface area contributed by atoms with E-state index in [1.165, 1.54) is 10.6 Å². The van der Waals surface area contributed by atoms with E-state index in [2.05, 4.69) is 5.32 Å². The van der Waals surface area contributed by atoms with Crippen molar-refractivity contribution >= 4 is 27.5 Å². The van der Waals surface area contributed by atoms with Gasteiger partial charge >= 0.3 is 0 Å². The molecule has 0 heterocycles. The molecule has 1 unspecified atom stereocenters. The summed E-state index contributed by atoms with van der Waals surface area (Å²) in [5, 5.41) is 3.07. The van der Waals surface area contributed by atoms with E-state index in [0.29, 0.717) is 18.5 Å². The third-order valence-electron chi connectivity index (χ3n) is 6.90. The number of aryl methyl sites for hydroxylation is 2. The Morgan fingerprint density at radius 1 is 0.854 bits per heavy atom. The molecule has 1 atom stereocenters. The van der Waals surface area contributed by atoms with Crippen LogP contribution in [0.15, 0.2) is 78.9 Å². The van der Waals surface area contributed by atoms with Crippen LogP contribution in [0.2, 0.25) is 0 Å². The molecule has 0 saturated carbocycles. The maximum Gasteiger partial charge on any atom is 0.243 e. The summed E-state index contributed by atoms with van der Waals surface area (Å²) in [4.78, 5) is 29.2. The smallest absolute Gasteiger partial charge is 0.243 e. The number of benzene rings is 3. The molecule has 41 heavy (non-hydrogen) atoms. The fourth-order valence-electron chi connectivity index (χ4n) is 4.67. The second kappa shape index (κ2) is 13.8. The predicted molar refractivity (Wildman–Crippen MR) is 166 cm³/mol. The Bertz CT molecular complexity index is 1420. The molecular formula is C33H43N3O4S. The average molecular weight is 578 g/mol. The quantitative estimate of drug-likeness (QED) is 0.312. The zero-order chi connectivity index (χ0) is 30.2. The molecule has 7 nitrogen and oxygen atoms in total. The lowest BCUT2D eigenvalue weighted by molar-refractivity contribution is -0.142. The van der Waals surface area contributed by atoms with Crippen molar-refractivity contribution in [1.82, 2.24) is 10.2 Å². The molecule has 0 radical (unpaired) electrons. The van der Waals surface area contributed by atoms with Crippen molar-refractivity contribution in [1.29, 1.82) is 0 Å². The summed E-state index contributed by atoms with van der Waals surface area (Å²) in [6, 6.07) is 24.1. The topological polar surface area (TPSA) is 86.8 Å². The van der Waals surface area contributed by atoms with Crippen molar-refractivity contribution in [2.24, 2.45) is 0 Å². The van der Waals surface area contributed by atoms with Crippen LogP contribution in [0.25, 0.3) is 0 Å². The van der Waals surface area contributed by atoms with Crippen molar-refractivity contribution < 1.29 is 18.0 Å². The zero-order valence-corrected chi connectivity index (χ0v) is 25.9. The highest BCUT2D eigenvalue weighted by molar-refractivity contribution is 7.92. The third kappa shape index (κ3) is 9.74. The summed E-state index contributed by atoms with van der Waals surface area (Å²) in [6.07, 6.45) is 1.94. The van der Waals surface area contributed by atoms with Gasteiger partial charge in [-0.2, -0.15) is 0 Å². The van der Waals surface area contributed by atoms with Gasteiger partial charge in [-0.1, -0.05) is 66.7 Å². The Hall–Kier alpha value is -3.65. The summed E-state index contributed by atoms with van der Waals surface area (Å²) in [6.45, 7) is 10.1. The molecular weight excluding hydrogens is 534 g/mol. The minimum atomic E-state index is -3.56. The number of sulfonamides is 1. The van der Waals surface area contributed by atoms with Gasteiger partial charge in [0.05, 0.1) is 11.9 Å². The summed E-state index contributed by atoms with van der Waals surface area (Å²) in [5.74, 6) is -0.425. The van der Waals surface area contributed by atoms with E-state index in [9.17, 15) is 18.0 Å². The van der Waals surface area contributed by atoms with Gasteiger partial charge in [0.25, 0.3) is 0 Å². The monoisotopic (exact) mass is 577 g/mol. The molecule has 3 aromatic carbocycles. The number of nitrogens with one attached hydrogen (secondary N) is 1. The van der Waals surface area contributed by atoms with Crippen LogP contribution in [0.5, 0.6) is 0 Å². The second-order valence-corrected chi connectivity index (χ2v) is 13.6. The summed E-state index contributed by atoms with van der Waals surface area (Å²) in [7, 11) is -3.56. The Balaban J connectivity index is 1.88. The predicted octanol–water partition coefficient (Wildman–Crippen LogP) is 5.40. The van der Waals surface area contributed by atoms with Crippen molar-refractivity contribution in [3.8, 4) is 0 Å². The molecule has 0 aliphatic heterocycles. The van der Waals surface area contributed by atoms with Gasteiger partial charge in [0.2, 0.25) is 21.8 Å². The maximum absolute atomic E-state index is 13.9. The summed E-state index contributed by atoms with van der Waals surface area (Å²) >= 11 is 0. The first-order chi connectivity index (χ1) is 19.2. The number of hydrogen-bond donors (Lipinski definition) is 1. The van der Waals surface area contributed by atoms with Crippen LogP contribution in [0.4, 0.5) is 5.69 Å². The van der Waals surface area contributed by atoms with Gasteiger partial charge < -0.3 is 10.2 Å². The van der Waals surface area contributed by atoms with E-state index in [1.54, 1.807) is 11.0 Å². The first-order valence-corrected chi connectivity index (χ1v) is 15.8. The number of carbonyl (C=O) groups is 2. The Morgan fingerprint density at radius 2 is 1.44 bits per heavy atom. The molecule has 0 bridgehead atoms. The molecule has 2 amide bonds. The van der Waals surface area contributed by atoms with E-state index in [1.807, 2.05) is 107 Å². The van der Waals surface area contributed by atoms with Gasteiger partial charge in [-0.15, -0.1) is 0 Å². The van der Waals surface area contributed by atoms with Crippen molar-refractivity contribution in [2.45, 2.75) is 72.0 Å². The van der Waals surface area contributed by atoms with Crippen molar-refractivity contribution in [3.63, 3.8) is 0 Å². The molecule has 3 aromatic rings. The molecule has 0 spiro atoms. The van der Waals surface area contributed by atoms with Crippen LogP contribution in [0, 0.1) is 13.8 Å². The first-order valence-electron chi connectivity index (χ1n) is 14.0. The molecule has 8 heteroatoms. The lowest BCUT2D eigenvalue weighted by Gasteiger charge is -2.34. The fourth-order valence-corrected chi connectivity index (χ4v) is 5.63. The van der Waals surface area contributed by atoms with Gasteiger partial charge in [-0.3, -0.25) is 13.9 Å². The van der Waals surface area contributed by atoms with Gasteiger partial charge in [-0.25, -0.2) is 8.42 Å². The van der Waals surface area contributed by atoms with Gasteiger partial charge in [0.15, 0.2) is 0 Å². The lowest BCUT2D eigenvalue weighted by Crippen LogP contribution is -2.54. The van der Waals surface area contributed by atoms with Crippen molar-refractivity contribution in [2.75, 3.05) is 17.1 Å². The van der Waals surface area contributed by atoms with Crippen molar-refractivity contribution in [3.05, 3.63) is 101 Å². The minimum Gasteiger partial charge on any atom is -0.350 e. The SMILES string of the molecule is Cc1ccc(N(CCCC(=O)N(Cc2ccccc2)C(Cc2ccccc2)C(=O)NC(C)(C)C)S(C)(=O)=O)cc1C. The second-order valence-electron chi connectivity index (χ2n) is 11.7. The normalized spacial score (nSPS) is 12.4. The molecule has 0 aliphatic rings. The number of carbonyl (C=O) groups excluding carboxylic acids is 2. The average Bonchev–Trinajstić information content (AvgIpc) is 2.89. The fraction of sp³-hybridized carbons (Fsp3) is 0.394. The highest BCUT2D eigenvalue weighted by Gasteiger charge is 2.32. The van der Waals surface area contributed by atoms with Gasteiger partial charge in [0.1, 0.15) is 6.04 Å².